The SMILES string of the molecule is O=C1NCC=NN1c1cc(Cl)c(C(CF)c2ccc(Cl)cc2)c(Cl)c1. The molecule has 3 rings (SSSR count). The Morgan fingerprint density at radius 2 is 1.80 bits per heavy atom. The number of nitrogens with one attached hydrogen (secondary N) is 1. The fraction of sp³-hybridized carbons (Fsp3) is 0.176. The number of halogens is 4. The number of hydrazone groups is 1. The molecule has 1 heterocycles. The number of anilines is 1. The molecule has 2 aromatic carbocycles. The van der Waals surface area contributed by atoms with Crippen molar-refractivity contribution >= 4 is 52.7 Å². The Morgan fingerprint density at radius 3 is 2.36 bits per heavy atom. The summed E-state index contributed by atoms with van der Waals surface area (Å²) in [6.07, 6.45) is 1.55. The number of rotatable bonds is 4. The van der Waals surface area contributed by atoms with E-state index in [0.29, 0.717) is 28.4 Å². The summed E-state index contributed by atoms with van der Waals surface area (Å²) < 4.78 is 13.8. The van der Waals surface area contributed by atoms with E-state index < -0.39 is 12.6 Å². The van der Waals surface area contributed by atoms with Gasteiger partial charge in [-0.2, -0.15) is 10.1 Å². The van der Waals surface area contributed by atoms with Gasteiger partial charge in [-0.05, 0) is 35.4 Å². The van der Waals surface area contributed by atoms with Crippen LogP contribution in [0.25, 0.3) is 0 Å². The molecule has 0 aliphatic carbocycles. The average Bonchev–Trinajstić information content (AvgIpc) is 2.59. The van der Waals surface area contributed by atoms with Crippen LogP contribution in [0.15, 0.2) is 41.5 Å². The molecule has 8 heteroatoms. The second kappa shape index (κ2) is 7.60. The van der Waals surface area contributed by atoms with Gasteiger partial charge in [-0.25, -0.2) is 4.79 Å². The molecule has 2 aromatic rings. The van der Waals surface area contributed by atoms with Crippen LogP contribution in [0.2, 0.25) is 15.1 Å². The largest absolute Gasteiger partial charge is 0.342 e. The smallest absolute Gasteiger partial charge is 0.331 e. The Bertz CT molecular complexity index is 803. The maximum Gasteiger partial charge on any atom is 0.342 e. The second-order valence-corrected chi connectivity index (χ2v) is 6.63. The minimum absolute atomic E-state index is 0.258. The van der Waals surface area contributed by atoms with Crippen molar-refractivity contribution in [2.45, 2.75) is 5.92 Å². The number of carbonyl (C=O) groups is 1. The first kappa shape index (κ1) is 18.0. The summed E-state index contributed by atoms with van der Waals surface area (Å²) in [6, 6.07) is 9.53. The minimum atomic E-state index is -0.678. The molecule has 130 valence electrons. The Morgan fingerprint density at radius 1 is 1.16 bits per heavy atom. The molecule has 1 atom stereocenters. The van der Waals surface area contributed by atoms with Crippen molar-refractivity contribution in [1.29, 1.82) is 0 Å². The zero-order valence-corrected chi connectivity index (χ0v) is 15.1. The number of hydrogen-bond donors (Lipinski definition) is 1. The summed E-state index contributed by atoms with van der Waals surface area (Å²) in [4.78, 5) is 11.9. The lowest BCUT2D eigenvalue weighted by atomic mass is 9.92. The van der Waals surface area contributed by atoms with Crippen molar-refractivity contribution in [1.82, 2.24) is 5.32 Å². The molecular weight excluding hydrogens is 388 g/mol. The highest BCUT2D eigenvalue weighted by Crippen LogP contribution is 2.39. The van der Waals surface area contributed by atoms with Gasteiger partial charge < -0.3 is 5.32 Å². The molecule has 4 nitrogen and oxygen atoms in total. The molecule has 0 saturated heterocycles. The first-order valence-corrected chi connectivity index (χ1v) is 8.55. The topological polar surface area (TPSA) is 44.7 Å². The van der Waals surface area contributed by atoms with E-state index >= 15 is 0 Å². The lowest BCUT2D eigenvalue weighted by Crippen LogP contribution is -2.41. The van der Waals surface area contributed by atoms with Crippen molar-refractivity contribution in [3.63, 3.8) is 0 Å². The monoisotopic (exact) mass is 399 g/mol. The summed E-state index contributed by atoms with van der Waals surface area (Å²) in [6.45, 7) is -0.321. The van der Waals surface area contributed by atoms with E-state index in [2.05, 4.69) is 10.4 Å². The molecule has 0 spiro atoms. The molecule has 0 aromatic heterocycles. The third kappa shape index (κ3) is 3.73. The highest BCUT2D eigenvalue weighted by atomic mass is 35.5. The van der Waals surface area contributed by atoms with Crippen molar-refractivity contribution in [2.75, 3.05) is 18.2 Å². The van der Waals surface area contributed by atoms with Gasteiger partial charge in [-0.3, -0.25) is 4.39 Å². The van der Waals surface area contributed by atoms with Crippen LogP contribution in [-0.4, -0.2) is 25.5 Å². The standard InChI is InChI=1S/C17H13Cl3FN3O/c18-11-3-1-10(2-4-11)13(9-21)16-14(19)7-12(8-15(16)20)24-17(25)22-5-6-23-24/h1-4,6-8,13H,5,9H2,(H,22,25). The highest BCUT2D eigenvalue weighted by molar-refractivity contribution is 6.36. The van der Waals surface area contributed by atoms with Gasteiger partial charge in [0.25, 0.3) is 0 Å². The molecule has 1 aliphatic rings. The molecule has 1 N–H and O–H groups in total. The van der Waals surface area contributed by atoms with Crippen molar-refractivity contribution in [2.24, 2.45) is 5.10 Å². The van der Waals surface area contributed by atoms with E-state index in [0.717, 1.165) is 5.01 Å². The molecule has 0 fully saturated rings. The van der Waals surface area contributed by atoms with Crippen LogP contribution in [0.1, 0.15) is 17.0 Å². The van der Waals surface area contributed by atoms with Gasteiger partial charge in [0.15, 0.2) is 0 Å². The molecule has 0 saturated carbocycles. The Kier molecular flexibility index (Phi) is 5.47. The van der Waals surface area contributed by atoms with Gasteiger partial charge in [-0.1, -0.05) is 46.9 Å². The number of carbonyl (C=O) groups excluding carboxylic acids is 1. The van der Waals surface area contributed by atoms with Gasteiger partial charge in [0.2, 0.25) is 0 Å². The predicted molar refractivity (Wildman–Crippen MR) is 100 cm³/mol. The molecule has 0 radical (unpaired) electrons. The van der Waals surface area contributed by atoms with E-state index in [4.69, 9.17) is 34.8 Å². The van der Waals surface area contributed by atoms with E-state index in [-0.39, 0.29) is 16.1 Å². The predicted octanol–water partition coefficient (Wildman–Crippen LogP) is 5.26. The number of alkyl halides is 1. The molecular formula is C17H13Cl3FN3O. The summed E-state index contributed by atoms with van der Waals surface area (Å²) in [5.41, 5.74) is 1.57. The van der Waals surface area contributed by atoms with Crippen LogP contribution < -0.4 is 10.3 Å². The van der Waals surface area contributed by atoms with Crippen LogP contribution in [0.4, 0.5) is 14.9 Å². The fourth-order valence-corrected chi connectivity index (χ4v) is 3.49. The summed E-state index contributed by atoms with van der Waals surface area (Å²) in [5.74, 6) is -0.634. The minimum Gasteiger partial charge on any atom is -0.331 e. The zero-order chi connectivity index (χ0) is 18.0. The third-order valence-electron chi connectivity index (χ3n) is 3.82. The Hall–Kier alpha value is -1.82. The quantitative estimate of drug-likeness (QED) is 0.747. The normalized spacial score (nSPS) is 15.2. The molecule has 25 heavy (non-hydrogen) atoms. The third-order valence-corrected chi connectivity index (χ3v) is 4.69. The van der Waals surface area contributed by atoms with Crippen molar-refractivity contribution in [3.8, 4) is 0 Å². The average molecular weight is 401 g/mol. The number of hydrogen-bond acceptors (Lipinski definition) is 2. The maximum atomic E-state index is 13.8. The van der Waals surface area contributed by atoms with Crippen LogP contribution in [-0.2, 0) is 0 Å². The first-order chi connectivity index (χ1) is 12.0. The Balaban J connectivity index is 2.02. The zero-order valence-electron chi connectivity index (χ0n) is 12.8. The van der Waals surface area contributed by atoms with Gasteiger partial charge in [0, 0.05) is 27.2 Å². The number of benzene rings is 2. The highest BCUT2D eigenvalue weighted by Gasteiger charge is 2.24. The van der Waals surface area contributed by atoms with Crippen LogP contribution in [0.3, 0.4) is 0 Å². The lowest BCUT2D eigenvalue weighted by molar-refractivity contribution is 0.247. The van der Waals surface area contributed by atoms with Crippen LogP contribution in [0, 0.1) is 0 Å². The van der Waals surface area contributed by atoms with Gasteiger partial charge in [0.1, 0.15) is 6.67 Å². The summed E-state index contributed by atoms with van der Waals surface area (Å²) in [5, 5.41) is 8.87. The van der Waals surface area contributed by atoms with E-state index in [1.165, 1.54) is 0 Å². The maximum absolute atomic E-state index is 13.8. The van der Waals surface area contributed by atoms with Gasteiger partial charge >= 0.3 is 6.03 Å². The van der Waals surface area contributed by atoms with E-state index in [1.54, 1.807) is 42.6 Å². The number of nitrogens with zero attached hydrogens (tertiary/aromatic N) is 2. The molecule has 2 amide bonds. The Labute approximate surface area is 159 Å². The van der Waals surface area contributed by atoms with Crippen LogP contribution >= 0.6 is 34.8 Å². The second-order valence-electron chi connectivity index (χ2n) is 5.38. The molecule has 1 unspecified atom stereocenters. The first-order valence-electron chi connectivity index (χ1n) is 7.42. The molecule has 1 aliphatic heterocycles. The summed E-state index contributed by atoms with van der Waals surface area (Å²) >= 11 is 18.6. The lowest BCUT2D eigenvalue weighted by Gasteiger charge is -2.23. The van der Waals surface area contributed by atoms with E-state index in [1.807, 2.05) is 0 Å². The van der Waals surface area contributed by atoms with Gasteiger partial charge in [0.05, 0.1) is 12.2 Å². The van der Waals surface area contributed by atoms with Crippen LogP contribution in [0.5, 0.6) is 0 Å². The number of amides is 2. The summed E-state index contributed by atoms with van der Waals surface area (Å²) in [7, 11) is 0. The fourth-order valence-electron chi connectivity index (χ4n) is 2.62. The van der Waals surface area contributed by atoms with Gasteiger partial charge in [-0.15, -0.1) is 0 Å². The molecule has 0 bridgehead atoms. The van der Waals surface area contributed by atoms with E-state index in [9.17, 15) is 9.18 Å². The number of urea groups is 1. The van der Waals surface area contributed by atoms with Crippen molar-refractivity contribution in [3.05, 3.63) is 62.6 Å². The van der Waals surface area contributed by atoms with Crippen molar-refractivity contribution < 1.29 is 9.18 Å².